The quantitative estimate of drug-likeness (QED) is 0.209. The zero-order chi connectivity index (χ0) is 29.7. The molecule has 5 nitrogen and oxygen atoms in total. The molecule has 9 rings (SSSR count). The number of aromatic nitrogens is 4. The van der Waals surface area contributed by atoms with Crippen LogP contribution in [0.15, 0.2) is 150 Å². The molecule has 0 saturated carbocycles. The lowest BCUT2D eigenvalue weighted by Gasteiger charge is -2.10. The molecule has 0 unspecified atom stereocenters. The lowest BCUT2D eigenvalue weighted by molar-refractivity contribution is 0.669. The third-order valence-electron chi connectivity index (χ3n) is 8.41. The molecular formula is C40H24N4O. The van der Waals surface area contributed by atoms with Gasteiger partial charge in [-0.05, 0) is 51.6 Å². The summed E-state index contributed by atoms with van der Waals surface area (Å²) in [5.41, 5.74) is 6.68. The van der Waals surface area contributed by atoms with E-state index < -0.39 is 0 Å². The van der Waals surface area contributed by atoms with Gasteiger partial charge in [-0.1, -0.05) is 109 Å². The fourth-order valence-electron chi connectivity index (χ4n) is 6.21. The number of furan rings is 1. The summed E-state index contributed by atoms with van der Waals surface area (Å²) in [5, 5.41) is 6.56. The third kappa shape index (κ3) is 4.33. The lowest BCUT2D eigenvalue weighted by atomic mass is 9.97. The predicted molar refractivity (Wildman–Crippen MR) is 182 cm³/mol. The summed E-state index contributed by atoms with van der Waals surface area (Å²) >= 11 is 0. The molecule has 0 aliphatic rings. The Kier molecular flexibility index (Phi) is 5.74. The Morgan fingerprint density at radius 3 is 1.98 bits per heavy atom. The molecule has 0 saturated heterocycles. The largest absolute Gasteiger partial charge is 0.456 e. The van der Waals surface area contributed by atoms with Gasteiger partial charge in [0, 0.05) is 45.2 Å². The van der Waals surface area contributed by atoms with Crippen LogP contribution in [-0.4, -0.2) is 19.9 Å². The van der Waals surface area contributed by atoms with Crippen LogP contribution in [0, 0.1) is 0 Å². The van der Waals surface area contributed by atoms with Crippen LogP contribution < -0.4 is 0 Å². The first-order valence-corrected chi connectivity index (χ1v) is 14.9. The van der Waals surface area contributed by atoms with Gasteiger partial charge < -0.3 is 4.42 Å². The molecule has 3 aromatic heterocycles. The van der Waals surface area contributed by atoms with E-state index in [4.69, 9.17) is 19.4 Å². The first kappa shape index (κ1) is 25.3. The van der Waals surface area contributed by atoms with Gasteiger partial charge in [0.2, 0.25) is 0 Å². The molecule has 0 bridgehead atoms. The summed E-state index contributed by atoms with van der Waals surface area (Å²) in [4.78, 5) is 19.4. The molecule has 3 heterocycles. The second kappa shape index (κ2) is 10.2. The van der Waals surface area contributed by atoms with Crippen molar-refractivity contribution >= 4 is 43.5 Å². The Bertz CT molecular complexity index is 2530. The molecule has 9 aromatic rings. The summed E-state index contributed by atoms with van der Waals surface area (Å²) in [6.07, 6.45) is 3.68. The normalized spacial score (nSPS) is 11.6. The summed E-state index contributed by atoms with van der Waals surface area (Å²) in [6, 6.07) is 45.7. The minimum Gasteiger partial charge on any atom is -0.456 e. The molecule has 45 heavy (non-hydrogen) atoms. The molecule has 0 fully saturated rings. The Morgan fingerprint density at radius 2 is 1.11 bits per heavy atom. The lowest BCUT2D eigenvalue weighted by Crippen LogP contribution is -2.00. The van der Waals surface area contributed by atoms with Crippen LogP contribution in [0.25, 0.3) is 88.8 Å². The number of fused-ring (bicyclic) bond motifs is 5. The Hall–Kier alpha value is -6.20. The van der Waals surface area contributed by atoms with E-state index in [1.54, 1.807) is 6.20 Å². The average Bonchev–Trinajstić information content (AvgIpc) is 3.48. The number of hydrogen-bond donors (Lipinski definition) is 0. The number of benzene rings is 6. The predicted octanol–water partition coefficient (Wildman–Crippen LogP) is 10.1. The zero-order valence-corrected chi connectivity index (χ0v) is 24.1. The van der Waals surface area contributed by atoms with Gasteiger partial charge >= 0.3 is 0 Å². The van der Waals surface area contributed by atoms with Crippen molar-refractivity contribution in [3.05, 3.63) is 146 Å². The van der Waals surface area contributed by atoms with Crippen molar-refractivity contribution in [3.8, 4) is 45.3 Å². The smallest absolute Gasteiger partial charge is 0.164 e. The maximum atomic E-state index is 6.35. The molecule has 0 aliphatic carbocycles. The van der Waals surface area contributed by atoms with Crippen LogP contribution in [0.4, 0.5) is 0 Å². The van der Waals surface area contributed by atoms with E-state index in [9.17, 15) is 0 Å². The summed E-state index contributed by atoms with van der Waals surface area (Å²) in [6.45, 7) is 0. The molecule has 0 spiro atoms. The van der Waals surface area contributed by atoms with Gasteiger partial charge in [-0.2, -0.15) is 0 Å². The maximum Gasteiger partial charge on any atom is 0.164 e. The van der Waals surface area contributed by atoms with Crippen LogP contribution in [0.1, 0.15) is 0 Å². The van der Waals surface area contributed by atoms with Crippen LogP contribution in [0.3, 0.4) is 0 Å². The number of pyridine rings is 1. The first-order valence-electron chi connectivity index (χ1n) is 14.9. The van der Waals surface area contributed by atoms with Gasteiger partial charge in [-0.15, -0.1) is 0 Å². The highest BCUT2D eigenvalue weighted by Crippen LogP contribution is 2.38. The van der Waals surface area contributed by atoms with Crippen molar-refractivity contribution in [3.63, 3.8) is 0 Å². The summed E-state index contributed by atoms with van der Waals surface area (Å²) < 4.78 is 6.35. The number of nitrogens with zero attached hydrogens (tertiary/aromatic N) is 4. The summed E-state index contributed by atoms with van der Waals surface area (Å²) in [5.74, 6) is 1.83. The highest BCUT2D eigenvalue weighted by molar-refractivity contribution is 6.15. The van der Waals surface area contributed by atoms with Crippen molar-refractivity contribution in [2.75, 3.05) is 0 Å². The van der Waals surface area contributed by atoms with E-state index in [-0.39, 0.29) is 0 Å². The first-order chi connectivity index (χ1) is 22.3. The highest BCUT2D eigenvalue weighted by Gasteiger charge is 2.18. The van der Waals surface area contributed by atoms with E-state index in [1.807, 2.05) is 54.7 Å². The van der Waals surface area contributed by atoms with Crippen LogP contribution >= 0.6 is 0 Å². The van der Waals surface area contributed by atoms with Crippen LogP contribution in [0.2, 0.25) is 0 Å². The van der Waals surface area contributed by atoms with E-state index in [2.05, 4.69) is 89.9 Å². The molecule has 210 valence electrons. The van der Waals surface area contributed by atoms with Gasteiger partial charge in [-0.3, -0.25) is 4.98 Å². The standard InChI is InChI=1S/C40H24N4O/c1-2-9-27(10-3-1)38-42-39(28-18-16-26(17-19-28)32-13-6-11-25-8-4-5-12-31(25)32)44-40(43-38)33-14-7-15-35-37(33)34-22-30-24-41-21-20-29(30)23-36(34)45-35/h1-24H. The van der Waals surface area contributed by atoms with E-state index in [1.165, 1.54) is 16.3 Å². The molecule has 0 aliphatic heterocycles. The fourth-order valence-corrected chi connectivity index (χ4v) is 6.21. The summed E-state index contributed by atoms with van der Waals surface area (Å²) in [7, 11) is 0. The SMILES string of the molecule is c1ccc(-c2nc(-c3ccc(-c4cccc5ccccc45)cc3)nc(-c3cccc4oc5cc6ccncc6cc5c34)n2)cc1. The topological polar surface area (TPSA) is 64.7 Å². The van der Waals surface area contributed by atoms with Gasteiger partial charge in [-0.25, -0.2) is 15.0 Å². The van der Waals surface area contributed by atoms with Crippen molar-refractivity contribution in [1.82, 2.24) is 19.9 Å². The zero-order valence-electron chi connectivity index (χ0n) is 24.1. The van der Waals surface area contributed by atoms with Crippen molar-refractivity contribution < 1.29 is 4.42 Å². The Labute approximate surface area is 258 Å². The fraction of sp³-hybridized carbons (Fsp3) is 0. The molecule has 0 amide bonds. The van der Waals surface area contributed by atoms with Crippen molar-refractivity contribution in [2.24, 2.45) is 0 Å². The monoisotopic (exact) mass is 576 g/mol. The van der Waals surface area contributed by atoms with Crippen molar-refractivity contribution in [1.29, 1.82) is 0 Å². The van der Waals surface area contributed by atoms with Gasteiger partial charge in [0.05, 0.1) is 0 Å². The molecule has 0 N–H and O–H groups in total. The van der Waals surface area contributed by atoms with Crippen LogP contribution in [-0.2, 0) is 0 Å². The molecule has 6 aromatic carbocycles. The number of rotatable bonds is 4. The number of hydrogen-bond acceptors (Lipinski definition) is 5. The maximum absolute atomic E-state index is 6.35. The Morgan fingerprint density at radius 1 is 0.422 bits per heavy atom. The van der Waals surface area contributed by atoms with Crippen molar-refractivity contribution in [2.45, 2.75) is 0 Å². The second-order valence-electron chi connectivity index (χ2n) is 11.1. The molecular weight excluding hydrogens is 552 g/mol. The van der Waals surface area contributed by atoms with Gasteiger partial charge in [0.15, 0.2) is 17.5 Å². The minimum absolute atomic E-state index is 0.594. The van der Waals surface area contributed by atoms with Gasteiger partial charge in [0.25, 0.3) is 0 Å². The molecule has 0 radical (unpaired) electrons. The molecule has 0 atom stereocenters. The van der Waals surface area contributed by atoms with E-state index in [0.717, 1.165) is 55.0 Å². The highest BCUT2D eigenvalue weighted by atomic mass is 16.3. The third-order valence-corrected chi connectivity index (χ3v) is 8.41. The van der Waals surface area contributed by atoms with E-state index in [0.29, 0.717) is 17.5 Å². The Balaban J connectivity index is 1.23. The average molecular weight is 577 g/mol. The second-order valence-corrected chi connectivity index (χ2v) is 11.1. The van der Waals surface area contributed by atoms with E-state index >= 15 is 0 Å². The molecule has 5 heteroatoms. The van der Waals surface area contributed by atoms with Crippen LogP contribution in [0.5, 0.6) is 0 Å². The van der Waals surface area contributed by atoms with Gasteiger partial charge in [0.1, 0.15) is 11.2 Å². The minimum atomic E-state index is 0.594.